The summed E-state index contributed by atoms with van der Waals surface area (Å²) in [6.07, 6.45) is 1.01. The molecule has 1 heterocycles. The van der Waals surface area contributed by atoms with E-state index in [1.807, 2.05) is 48.2 Å². The topological polar surface area (TPSA) is 24.1 Å². The summed E-state index contributed by atoms with van der Waals surface area (Å²) < 4.78 is 0. The van der Waals surface area contributed by atoms with Gasteiger partial charge in [0.05, 0.1) is 6.04 Å². The van der Waals surface area contributed by atoms with E-state index >= 15 is 0 Å². The lowest BCUT2D eigenvalue weighted by Gasteiger charge is -2.27. The maximum Gasteiger partial charge on any atom is 0.171 e. The molecule has 1 atom stereocenters. The summed E-state index contributed by atoms with van der Waals surface area (Å²) in [5.74, 6) is 1.06. The first kappa shape index (κ1) is 15.9. The summed E-state index contributed by atoms with van der Waals surface area (Å²) in [6, 6.07) is 13.7. The molecule has 2 N–H and O–H groups in total. The van der Waals surface area contributed by atoms with Crippen molar-refractivity contribution in [2.45, 2.75) is 17.4 Å². The Morgan fingerprint density at radius 2 is 1.95 bits per heavy atom. The Bertz CT molecular complexity index is 706. The zero-order valence-corrected chi connectivity index (χ0v) is 14.8. The van der Waals surface area contributed by atoms with E-state index in [0.717, 1.165) is 22.9 Å². The molecule has 0 saturated heterocycles. The number of thioether (sulfide) groups is 1. The van der Waals surface area contributed by atoms with Gasteiger partial charge in [-0.1, -0.05) is 29.3 Å². The van der Waals surface area contributed by atoms with Gasteiger partial charge < -0.3 is 10.6 Å². The fourth-order valence-electron chi connectivity index (χ4n) is 2.41. The van der Waals surface area contributed by atoms with Crippen LogP contribution in [-0.4, -0.2) is 10.9 Å². The maximum absolute atomic E-state index is 6.13. The fraction of sp³-hybridized carbons (Fsp3) is 0.188. The van der Waals surface area contributed by atoms with Crippen molar-refractivity contribution in [3.8, 4) is 0 Å². The van der Waals surface area contributed by atoms with E-state index in [1.54, 1.807) is 0 Å². The predicted octanol–water partition coefficient (Wildman–Crippen LogP) is 5.52. The molecule has 0 radical (unpaired) electrons. The first-order valence-corrected chi connectivity index (χ1v) is 9.02. The van der Waals surface area contributed by atoms with Crippen LogP contribution in [0.3, 0.4) is 0 Å². The number of hydrogen-bond donors (Lipinski definition) is 2. The van der Waals surface area contributed by atoms with Crippen molar-refractivity contribution in [3.63, 3.8) is 0 Å². The van der Waals surface area contributed by atoms with Gasteiger partial charge in [0.2, 0.25) is 0 Å². The SMILES string of the molecule is S=C(Nc1cccc(Cl)c1)N[C@@H]1CCSc2ccc(Cl)cc21. The van der Waals surface area contributed by atoms with Crippen LogP contribution in [-0.2, 0) is 0 Å². The third-order valence-electron chi connectivity index (χ3n) is 3.40. The smallest absolute Gasteiger partial charge is 0.171 e. The van der Waals surface area contributed by atoms with Crippen LogP contribution in [0.5, 0.6) is 0 Å². The van der Waals surface area contributed by atoms with Gasteiger partial charge in [-0.25, -0.2) is 0 Å². The molecule has 3 rings (SSSR count). The average Bonchev–Trinajstić information content (AvgIpc) is 2.48. The van der Waals surface area contributed by atoms with E-state index in [9.17, 15) is 0 Å². The minimum absolute atomic E-state index is 0.175. The Balaban J connectivity index is 1.71. The summed E-state index contributed by atoms with van der Waals surface area (Å²) in [5, 5.41) is 8.57. The predicted molar refractivity (Wildman–Crippen MR) is 100 cm³/mol. The normalized spacial score (nSPS) is 16.7. The molecule has 0 aromatic heterocycles. The van der Waals surface area contributed by atoms with Gasteiger partial charge in [0.25, 0.3) is 0 Å². The molecule has 114 valence electrons. The highest BCUT2D eigenvalue weighted by atomic mass is 35.5. The van der Waals surface area contributed by atoms with Crippen LogP contribution in [0.4, 0.5) is 5.69 Å². The van der Waals surface area contributed by atoms with Crippen LogP contribution in [0, 0.1) is 0 Å². The van der Waals surface area contributed by atoms with E-state index in [0.29, 0.717) is 10.1 Å². The molecule has 1 aliphatic rings. The van der Waals surface area contributed by atoms with Crippen LogP contribution < -0.4 is 10.6 Å². The van der Waals surface area contributed by atoms with E-state index in [2.05, 4.69) is 16.7 Å². The lowest BCUT2D eigenvalue weighted by Crippen LogP contribution is -2.33. The highest BCUT2D eigenvalue weighted by Crippen LogP contribution is 2.37. The molecule has 0 aliphatic carbocycles. The van der Waals surface area contributed by atoms with Crippen LogP contribution in [0.1, 0.15) is 18.0 Å². The molecule has 2 nitrogen and oxygen atoms in total. The zero-order chi connectivity index (χ0) is 15.5. The van der Waals surface area contributed by atoms with Crippen LogP contribution >= 0.6 is 47.2 Å². The lowest BCUT2D eigenvalue weighted by atomic mass is 10.0. The van der Waals surface area contributed by atoms with Crippen LogP contribution in [0.15, 0.2) is 47.4 Å². The van der Waals surface area contributed by atoms with Gasteiger partial charge in [-0.05, 0) is 60.6 Å². The van der Waals surface area contributed by atoms with Gasteiger partial charge in [0, 0.05) is 26.4 Å². The average molecular weight is 369 g/mol. The molecule has 0 unspecified atom stereocenters. The third kappa shape index (κ3) is 3.87. The Hall–Kier alpha value is -0.940. The number of benzene rings is 2. The molecule has 2 aromatic carbocycles. The summed E-state index contributed by atoms with van der Waals surface area (Å²) in [4.78, 5) is 1.26. The van der Waals surface area contributed by atoms with Crippen molar-refractivity contribution in [1.82, 2.24) is 5.32 Å². The van der Waals surface area contributed by atoms with Crippen molar-refractivity contribution in [3.05, 3.63) is 58.1 Å². The number of fused-ring (bicyclic) bond motifs is 1. The molecule has 0 amide bonds. The molecule has 0 bridgehead atoms. The summed E-state index contributed by atoms with van der Waals surface area (Å²) in [6.45, 7) is 0. The number of nitrogens with one attached hydrogen (secondary N) is 2. The molecular weight excluding hydrogens is 355 g/mol. The van der Waals surface area contributed by atoms with Crippen molar-refractivity contribution in [1.29, 1.82) is 0 Å². The molecule has 0 saturated carbocycles. The summed E-state index contributed by atoms with van der Waals surface area (Å²) in [5.41, 5.74) is 2.08. The number of rotatable bonds is 2. The minimum atomic E-state index is 0.175. The number of thiocarbonyl (C=S) groups is 1. The Morgan fingerprint density at radius 1 is 1.14 bits per heavy atom. The van der Waals surface area contributed by atoms with Crippen LogP contribution in [0.25, 0.3) is 0 Å². The molecule has 22 heavy (non-hydrogen) atoms. The molecule has 2 aromatic rings. The maximum atomic E-state index is 6.13. The Morgan fingerprint density at radius 3 is 2.77 bits per heavy atom. The first-order valence-electron chi connectivity index (χ1n) is 6.87. The minimum Gasteiger partial charge on any atom is -0.356 e. The van der Waals surface area contributed by atoms with Crippen molar-refractivity contribution in [2.24, 2.45) is 0 Å². The van der Waals surface area contributed by atoms with Crippen LogP contribution in [0.2, 0.25) is 10.0 Å². The first-order chi connectivity index (χ1) is 10.6. The van der Waals surface area contributed by atoms with Gasteiger partial charge in [-0.3, -0.25) is 0 Å². The van der Waals surface area contributed by atoms with Gasteiger partial charge in [0.15, 0.2) is 5.11 Å². The van der Waals surface area contributed by atoms with Crippen molar-refractivity contribution in [2.75, 3.05) is 11.1 Å². The molecule has 1 aliphatic heterocycles. The molecule has 0 fully saturated rings. The third-order valence-corrected chi connectivity index (χ3v) is 5.21. The van der Waals surface area contributed by atoms with Gasteiger partial charge >= 0.3 is 0 Å². The lowest BCUT2D eigenvalue weighted by molar-refractivity contribution is 0.614. The van der Waals surface area contributed by atoms with Gasteiger partial charge in [-0.2, -0.15) is 0 Å². The number of halogens is 2. The van der Waals surface area contributed by atoms with E-state index in [4.69, 9.17) is 35.4 Å². The zero-order valence-electron chi connectivity index (χ0n) is 11.6. The second-order valence-electron chi connectivity index (χ2n) is 4.98. The summed E-state index contributed by atoms with van der Waals surface area (Å²) in [7, 11) is 0. The van der Waals surface area contributed by atoms with Crippen molar-refractivity contribution >= 4 is 58.0 Å². The number of anilines is 1. The highest BCUT2D eigenvalue weighted by Gasteiger charge is 2.21. The van der Waals surface area contributed by atoms with Gasteiger partial charge in [-0.15, -0.1) is 11.8 Å². The molecular formula is C16H14Cl2N2S2. The van der Waals surface area contributed by atoms with E-state index in [1.165, 1.54) is 10.5 Å². The second-order valence-corrected chi connectivity index (χ2v) is 7.40. The molecule has 0 spiro atoms. The number of hydrogen-bond acceptors (Lipinski definition) is 2. The van der Waals surface area contributed by atoms with E-state index in [-0.39, 0.29) is 6.04 Å². The standard InChI is InChI=1S/C16H14Cl2N2S2/c17-10-2-1-3-12(8-10)19-16(21)20-14-6-7-22-15-5-4-11(18)9-13(14)15/h1-5,8-9,14H,6-7H2,(H2,19,20,21)/t14-/m1/s1. The van der Waals surface area contributed by atoms with E-state index < -0.39 is 0 Å². The Kier molecular flexibility index (Phi) is 5.14. The second kappa shape index (κ2) is 7.09. The fourth-order valence-corrected chi connectivity index (χ4v) is 4.14. The highest BCUT2D eigenvalue weighted by molar-refractivity contribution is 7.99. The van der Waals surface area contributed by atoms with Gasteiger partial charge in [0.1, 0.15) is 0 Å². The Labute approximate surface area is 149 Å². The summed E-state index contributed by atoms with van der Waals surface area (Å²) >= 11 is 19.4. The monoisotopic (exact) mass is 368 g/mol. The quantitative estimate of drug-likeness (QED) is 0.681. The molecule has 6 heteroatoms. The van der Waals surface area contributed by atoms with Crippen molar-refractivity contribution < 1.29 is 0 Å². The largest absolute Gasteiger partial charge is 0.356 e.